The van der Waals surface area contributed by atoms with Crippen molar-refractivity contribution in [3.05, 3.63) is 0 Å². The molecule has 0 aliphatic heterocycles. The zero-order chi connectivity index (χ0) is 10.2. The van der Waals surface area contributed by atoms with Crippen molar-refractivity contribution in [3.8, 4) is 0 Å². The smallest absolute Gasteiger partial charge is 0.327 e. The first-order valence-corrected chi connectivity index (χ1v) is 5.72. The van der Waals surface area contributed by atoms with Crippen molar-refractivity contribution in [1.82, 2.24) is 5.48 Å². The highest BCUT2D eigenvalue weighted by Gasteiger charge is 2.19. The average Bonchev–Trinajstić information content (AvgIpc) is 2.30. The van der Waals surface area contributed by atoms with Gasteiger partial charge in [-0.3, -0.25) is 4.79 Å². The largest absolute Gasteiger partial charge is 0.371 e. The van der Waals surface area contributed by atoms with Gasteiger partial charge >= 0.3 is 5.97 Å². The third-order valence-electron chi connectivity index (χ3n) is 2.89. The summed E-state index contributed by atoms with van der Waals surface area (Å²) in [7, 11) is 1.63. The number of hydrogen-bond donors (Lipinski definition) is 1. The van der Waals surface area contributed by atoms with E-state index in [-0.39, 0.29) is 11.9 Å². The summed E-state index contributed by atoms with van der Waals surface area (Å²) in [4.78, 5) is 16.3. The van der Waals surface area contributed by atoms with Gasteiger partial charge in [-0.05, 0) is 12.8 Å². The maximum absolute atomic E-state index is 11.5. The van der Waals surface area contributed by atoms with Crippen molar-refractivity contribution in [3.63, 3.8) is 0 Å². The fraction of sp³-hybridized carbons (Fsp3) is 0.909. The minimum atomic E-state index is -0.0746. The molecule has 1 aliphatic rings. The molecule has 0 unspecified atom stereocenters. The summed E-state index contributed by atoms with van der Waals surface area (Å²) in [6.07, 6.45) is 9.53. The summed E-state index contributed by atoms with van der Waals surface area (Å²) in [6, 6.07) is 0. The molecule has 0 aromatic heterocycles. The maximum atomic E-state index is 11.5. The first kappa shape index (κ1) is 11.5. The van der Waals surface area contributed by atoms with Crippen molar-refractivity contribution >= 4 is 5.97 Å². The molecule has 1 fully saturated rings. The zero-order valence-electron chi connectivity index (χ0n) is 9.05. The van der Waals surface area contributed by atoms with Crippen LogP contribution in [-0.2, 0) is 9.63 Å². The molecule has 0 aromatic rings. The van der Waals surface area contributed by atoms with Gasteiger partial charge in [0.2, 0.25) is 0 Å². The van der Waals surface area contributed by atoms with Crippen molar-refractivity contribution in [2.24, 2.45) is 5.92 Å². The van der Waals surface area contributed by atoms with Crippen LogP contribution in [0, 0.1) is 5.92 Å². The van der Waals surface area contributed by atoms with Gasteiger partial charge in [0.05, 0.1) is 5.92 Å². The van der Waals surface area contributed by atoms with Crippen LogP contribution in [0.2, 0.25) is 0 Å². The van der Waals surface area contributed by atoms with Crippen LogP contribution in [0.15, 0.2) is 0 Å². The lowest BCUT2D eigenvalue weighted by atomic mass is 9.97. The Balaban J connectivity index is 2.35. The molecular formula is C11H21NO2. The van der Waals surface area contributed by atoms with Gasteiger partial charge in [-0.2, -0.15) is 5.48 Å². The Hall–Kier alpha value is -0.570. The van der Waals surface area contributed by atoms with E-state index in [1.165, 1.54) is 38.5 Å². The Bertz CT molecular complexity index is 161. The second kappa shape index (κ2) is 6.82. The fourth-order valence-electron chi connectivity index (χ4n) is 2.05. The van der Waals surface area contributed by atoms with Crippen LogP contribution in [0.25, 0.3) is 0 Å². The summed E-state index contributed by atoms with van der Waals surface area (Å²) < 4.78 is 0. The second-order valence-corrected chi connectivity index (χ2v) is 4.02. The normalized spacial score (nSPS) is 20.6. The van der Waals surface area contributed by atoms with E-state index in [9.17, 15) is 4.79 Å². The van der Waals surface area contributed by atoms with E-state index in [0.717, 1.165) is 12.8 Å². The van der Waals surface area contributed by atoms with E-state index in [1.54, 1.807) is 7.05 Å². The van der Waals surface area contributed by atoms with Gasteiger partial charge in [0.1, 0.15) is 0 Å². The lowest BCUT2D eigenvalue weighted by Gasteiger charge is -2.13. The lowest BCUT2D eigenvalue weighted by molar-refractivity contribution is -0.155. The van der Waals surface area contributed by atoms with Crippen LogP contribution in [0.1, 0.15) is 51.4 Å². The van der Waals surface area contributed by atoms with Gasteiger partial charge in [-0.15, -0.1) is 0 Å². The van der Waals surface area contributed by atoms with Crippen LogP contribution in [0.3, 0.4) is 0 Å². The molecule has 82 valence electrons. The Kier molecular flexibility index (Phi) is 5.60. The van der Waals surface area contributed by atoms with E-state index in [4.69, 9.17) is 4.84 Å². The first-order chi connectivity index (χ1) is 6.84. The fourth-order valence-corrected chi connectivity index (χ4v) is 2.05. The van der Waals surface area contributed by atoms with Gasteiger partial charge in [0, 0.05) is 7.05 Å². The molecule has 0 saturated heterocycles. The van der Waals surface area contributed by atoms with Gasteiger partial charge in [-0.25, -0.2) is 0 Å². The quantitative estimate of drug-likeness (QED) is 0.694. The summed E-state index contributed by atoms with van der Waals surface area (Å²) in [6.45, 7) is 0. The Morgan fingerprint density at radius 1 is 1.07 bits per heavy atom. The van der Waals surface area contributed by atoms with Crippen LogP contribution in [0.5, 0.6) is 0 Å². The first-order valence-electron chi connectivity index (χ1n) is 5.72. The lowest BCUT2D eigenvalue weighted by Crippen LogP contribution is -2.23. The molecule has 1 rings (SSSR count). The Labute approximate surface area is 86.2 Å². The topological polar surface area (TPSA) is 38.3 Å². The molecule has 0 atom stereocenters. The predicted octanol–water partition coefficient (Wildman–Crippen LogP) is 2.41. The Morgan fingerprint density at radius 2 is 1.57 bits per heavy atom. The summed E-state index contributed by atoms with van der Waals surface area (Å²) >= 11 is 0. The van der Waals surface area contributed by atoms with E-state index in [2.05, 4.69) is 5.48 Å². The number of rotatable bonds is 2. The highest BCUT2D eigenvalue weighted by molar-refractivity contribution is 5.72. The molecule has 0 radical (unpaired) electrons. The molecule has 3 heteroatoms. The van der Waals surface area contributed by atoms with Crippen molar-refractivity contribution in [1.29, 1.82) is 0 Å². The van der Waals surface area contributed by atoms with Gasteiger partial charge in [0.15, 0.2) is 0 Å². The standard InChI is InChI=1S/C11H21NO2/c1-12-14-11(13)10-8-6-4-2-3-5-7-9-10/h10,12H,2-9H2,1H3. The number of hydroxylamine groups is 1. The van der Waals surface area contributed by atoms with Crippen LogP contribution in [-0.4, -0.2) is 13.0 Å². The molecule has 14 heavy (non-hydrogen) atoms. The number of hydrogen-bond acceptors (Lipinski definition) is 3. The molecule has 1 N–H and O–H groups in total. The van der Waals surface area contributed by atoms with Crippen molar-refractivity contribution in [2.45, 2.75) is 51.4 Å². The highest BCUT2D eigenvalue weighted by atomic mass is 16.7. The molecule has 0 bridgehead atoms. The van der Waals surface area contributed by atoms with Gasteiger partial charge in [0.25, 0.3) is 0 Å². The van der Waals surface area contributed by atoms with Crippen molar-refractivity contribution in [2.75, 3.05) is 7.05 Å². The average molecular weight is 199 g/mol. The zero-order valence-corrected chi connectivity index (χ0v) is 9.05. The van der Waals surface area contributed by atoms with E-state index in [1.807, 2.05) is 0 Å². The van der Waals surface area contributed by atoms with Crippen molar-refractivity contribution < 1.29 is 9.63 Å². The maximum Gasteiger partial charge on any atom is 0.327 e. The number of carbonyl (C=O) groups is 1. The second-order valence-electron chi connectivity index (χ2n) is 4.02. The minimum absolute atomic E-state index is 0.0746. The number of nitrogens with one attached hydrogen (secondary N) is 1. The third-order valence-corrected chi connectivity index (χ3v) is 2.89. The Morgan fingerprint density at radius 3 is 2.07 bits per heavy atom. The SMILES string of the molecule is CNOC(=O)C1CCCCCCCC1. The van der Waals surface area contributed by atoms with Gasteiger partial charge in [-0.1, -0.05) is 38.5 Å². The van der Waals surface area contributed by atoms with E-state index < -0.39 is 0 Å². The number of carbonyl (C=O) groups excluding carboxylic acids is 1. The molecule has 0 heterocycles. The summed E-state index contributed by atoms with van der Waals surface area (Å²) in [5.74, 6) is 0.0509. The van der Waals surface area contributed by atoms with Crippen LogP contribution >= 0.6 is 0 Å². The third kappa shape index (κ3) is 4.09. The van der Waals surface area contributed by atoms with Crippen LogP contribution < -0.4 is 5.48 Å². The predicted molar refractivity (Wildman–Crippen MR) is 55.6 cm³/mol. The summed E-state index contributed by atoms with van der Waals surface area (Å²) in [5, 5.41) is 0. The molecule has 1 aliphatic carbocycles. The molecule has 0 amide bonds. The van der Waals surface area contributed by atoms with E-state index >= 15 is 0 Å². The molecule has 0 spiro atoms. The van der Waals surface area contributed by atoms with Gasteiger partial charge < -0.3 is 4.84 Å². The minimum Gasteiger partial charge on any atom is -0.371 e. The van der Waals surface area contributed by atoms with E-state index in [0.29, 0.717) is 0 Å². The molecule has 0 aromatic carbocycles. The van der Waals surface area contributed by atoms with Crippen LogP contribution in [0.4, 0.5) is 0 Å². The monoisotopic (exact) mass is 199 g/mol. The highest BCUT2D eigenvalue weighted by Crippen LogP contribution is 2.22. The molecular weight excluding hydrogens is 178 g/mol. The summed E-state index contributed by atoms with van der Waals surface area (Å²) in [5.41, 5.74) is 2.47. The molecule has 1 saturated carbocycles. The molecule has 3 nitrogen and oxygen atoms in total.